The van der Waals surface area contributed by atoms with Crippen LogP contribution in [0.15, 0.2) is 35.7 Å². The Morgan fingerprint density at radius 1 is 1.50 bits per heavy atom. The minimum absolute atomic E-state index is 0.920. The molecule has 1 aliphatic heterocycles. The van der Waals surface area contributed by atoms with E-state index < -0.39 is 0 Å². The highest BCUT2D eigenvalue weighted by atomic mass is 33.1. The predicted molar refractivity (Wildman–Crippen MR) is 71.1 cm³/mol. The molecule has 1 unspecified atom stereocenters. The van der Waals surface area contributed by atoms with E-state index in [-0.39, 0.29) is 0 Å². The van der Waals surface area contributed by atoms with E-state index in [1.54, 1.807) is 0 Å². The maximum Gasteiger partial charge on any atom is 0.0255 e. The van der Waals surface area contributed by atoms with E-state index in [2.05, 4.69) is 42.6 Å². The summed E-state index contributed by atoms with van der Waals surface area (Å²) in [6.07, 6.45) is 1.93. The standard InChI is InChI=1S/C11H12S3/c1-2-9-5-3-4-6-11(9)14-13-8-10-7-12-10/h2-6,10H,1,7-8H2. The van der Waals surface area contributed by atoms with Gasteiger partial charge in [0.25, 0.3) is 0 Å². The molecule has 0 radical (unpaired) electrons. The molecule has 0 bridgehead atoms. The maximum atomic E-state index is 3.82. The Bertz CT molecular complexity index is 318. The van der Waals surface area contributed by atoms with E-state index in [4.69, 9.17) is 0 Å². The lowest BCUT2D eigenvalue weighted by Gasteiger charge is -2.03. The molecule has 3 heteroatoms. The highest BCUT2D eigenvalue weighted by molar-refractivity contribution is 8.76. The molecule has 0 saturated carbocycles. The normalized spacial score (nSPS) is 19.3. The Kier molecular flexibility index (Phi) is 3.90. The SMILES string of the molecule is C=Cc1ccccc1SSCC1CS1. The van der Waals surface area contributed by atoms with E-state index in [0.717, 1.165) is 5.25 Å². The molecule has 1 saturated heterocycles. The van der Waals surface area contributed by atoms with Crippen LogP contribution in [0.4, 0.5) is 0 Å². The van der Waals surface area contributed by atoms with Crippen molar-refractivity contribution in [2.75, 3.05) is 11.5 Å². The number of rotatable bonds is 5. The highest BCUT2D eigenvalue weighted by Crippen LogP contribution is 2.40. The highest BCUT2D eigenvalue weighted by Gasteiger charge is 2.22. The third kappa shape index (κ3) is 3.01. The summed E-state index contributed by atoms with van der Waals surface area (Å²) in [6.45, 7) is 3.82. The fourth-order valence-corrected chi connectivity index (χ4v) is 4.69. The van der Waals surface area contributed by atoms with E-state index in [9.17, 15) is 0 Å². The van der Waals surface area contributed by atoms with Gasteiger partial charge in [-0.15, -0.1) is 0 Å². The third-order valence-electron chi connectivity index (χ3n) is 1.94. The molecule has 1 aromatic rings. The van der Waals surface area contributed by atoms with Gasteiger partial charge < -0.3 is 0 Å². The third-order valence-corrected chi connectivity index (χ3v) is 5.63. The van der Waals surface area contributed by atoms with Gasteiger partial charge in [-0.25, -0.2) is 0 Å². The first-order valence-electron chi connectivity index (χ1n) is 4.52. The van der Waals surface area contributed by atoms with Crippen LogP contribution in [-0.4, -0.2) is 16.8 Å². The van der Waals surface area contributed by atoms with E-state index in [1.165, 1.54) is 22.0 Å². The molecule has 0 N–H and O–H groups in total. The Balaban J connectivity index is 1.89. The van der Waals surface area contributed by atoms with Gasteiger partial charge in [0.15, 0.2) is 0 Å². The molecule has 74 valence electrons. The number of benzene rings is 1. The second-order valence-electron chi connectivity index (χ2n) is 3.07. The number of hydrogen-bond donors (Lipinski definition) is 0. The minimum Gasteiger partial charge on any atom is -0.156 e. The van der Waals surface area contributed by atoms with Gasteiger partial charge in [0.1, 0.15) is 0 Å². The second kappa shape index (κ2) is 5.19. The van der Waals surface area contributed by atoms with Crippen molar-refractivity contribution in [2.45, 2.75) is 10.1 Å². The molecule has 1 heterocycles. The van der Waals surface area contributed by atoms with Gasteiger partial charge >= 0.3 is 0 Å². The van der Waals surface area contributed by atoms with Gasteiger partial charge in [-0.05, 0) is 11.6 Å². The Labute approximate surface area is 97.3 Å². The molecule has 2 rings (SSSR count). The van der Waals surface area contributed by atoms with Crippen molar-refractivity contribution in [1.82, 2.24) is 0 Å². The van der Waals surface area contributed by atoms with E-state index >= 15 is 0 Å². The van der Waals surface area contributed by atoms with Crippen LogP contribution in [0.3, 0.4) is 0 Å². The van der Waals surface area contributed by atoms with Crippen LogP contribution < -0.4 is 0 Å². The monoisotopic (exact) mass is 240 g/mol. The molecular formula is C11H12S3. The number of hydrogen-bond acceptors (Lipinski definition) is 3. The average molecular weight is 240 g/mol. The second-order valence-corrected chi connectivity index (χ2v) is 6.78. The fourth-order valence-electron chi connectivity index (χ4n) is 1.06. The first kappa shape index (κ1) is 10.5. The van der Waals surface area contributed by atoms with Crippen molar-refractivity contribution >= 4 is 39.4 Å². The topological polar surface area (TPSA) is 0 Å². The summed E-state index contributed by atoms with van der Waals surface area (Å²) >= 11 is 2.06. The quantitative estimate of drug-likeness (QED) is 0.559. The molecule has 1 aliphatic rings. The lowest BCUT2D eigenvalue weighted by molar-refractivity contribution is 1.28. The Morgan fingerprint density at radius 2 is 2.29 bits per heavy atom. The molecule has 14 heavy (non-hydrogen) atoms. The van der Waals surface area contributed by atoms with Gasteiger partial charge in [-0.2, -0.15) is 11.8 Å². The smallest absolute Gasteiger partial charge is 0.0255 e. The van der Waals surface area contributed by atoms with Crippen molar-refractivity contribution in [2.24, 2.45) is 0 Å². The number of thioether (sulfide) groups is 1. The summed E-state index contributed by atoms with van der Waals surface area (Å²) in [6, 6.07) is 8.42. The van der Waals surface area contributed by atoms with Crippen molar-refractivity contribution < 1.29 is 0 Å². The minimum atomic E-state index is 0.920. The Hall–Kier alpha value is 0.01000. The lowest BCUT2D eigenvalue weighted by Crippen LogP contribution is -1.84. The maximum absolute atomic E-state index is 3.82. The molecule has 0 amide bonds. The van der Waals surface area contributed by atoms with Gasteiger partial charge in [-0.1, -0.05) is 52.4 Å². The van der Waals surface area contributed by atoms with Crippen molar-refractivity contribution in [3.8, 4) is 0 Å². The molecule has 1 atom stereocenters. The van der Waals surface area contributed by atoms with Gasteiger partial charge in [-0.3, -0.25) is 0 Å². The van der Waals surface area contributed by atoms with Crippen LogP contribution in [0.5, 0.6) is 0 Å². The largest absolute Gasteiger partial charge is 0.156 e. The zero-order valence-corrected chi connectivity index (χ0v) is 10.3. The van der Waals surface area contributed by atoms with Crippen molar-refractivity contribution in [3.05, 3.63) is 36.4 Å². The summed E-state index contributed by atoms with van der Waals surface area (Å²) in [4.78, 5) is 1.33. The zero-order valence-electron chi connectivity index (χ0n) is 7.81. The molecule has 1 fully saturated rings. The van der Waals surface area contributed by atoms with Gasteiger partial charge in [0.2, 0.25) is 0 Å². The van der Waals surface area contributed by atoms with Crippen molar-refractivity contribution in [3.63, 3.8) is 0 Å². The summed E-state index contributed by atoms with van der Waals surface area (Å²) in [5, 5.41) is 0.920. The molecule has 0 spiro atoms. The zero-order chi connectivity index (χ0) is 9.80. The summed E-state index contributed by atoms with van der Waals surface area (Å²) in [5.41, 5.74) is 1.24. The van der Waals surface area contributed by atoms with Crippen LogP contribution in [0.2, 0.25) is 0 Å². The van der Waals surface area contributed by atoms with E-state index in [0.29, 0.717) is 0 Å². The summed E-state index contributed by atoms with van der Waals surface area (Å²) < 4.78 is 0. The summed E-state index contributed by atoms with van der Waals surface area (Å²) in [7, 11) is 3.83. The molecule has 0 aromatic heterocycles. The first-order valence-corrected chi connectivity index (χ1v) is 7.89. The lowest BCUT2D eigenvalue weighted by atomic mass is 10.2. The van der Waals surface area contributed by atoms with Crippen LogP contribution in [-0.2, 0) is 0 Å². The van der Waals surface area contributed by atoms with Gasteiger partial charge in [0, 0.05) is 21.7 Å². The first-order chi connectivity index (χ1) is 6.90. The van der Waals surface area contributed by atoms with Crippen LogP contribution in [0.1, 0.15) is 5.56 Å². The van der Waals surface area contributed by atoms with Crippen LogP contribution in [0, 0.1) is 0 Å². The predicted octanol–water partition coefficient (Wildman–Crippen LogP) is 4.19. The van der Waals surface area contributed by atoms with Crippen LogP contribution in [0.25, 0.3) is 6.08 Å². The van der Waals surface area contributed by atoms with Crippen molar-refractivity contribution in [1.29, 1.82) is 0 Å². The molecule has 0 nitrogen and oxygen atoms in total. The van der Waals surface area contributed by atoms with Crippen LogP contribution >= 0.6 is 33.3 Å². The molecular weight excluding hydrogens is 228 g/mol. The average Bonchev–Trinajstić information content (AvgIpc) is 3.03. The molecule has 1 aromatic carbocycles. The fraction of sp³-hybridized carbons (Fsp3) is 0.273. The van der Waals surface area contributed by atoms with Gasteiger partial charge in [0.05, 0.1) is 0 Å². The summed E-state index contributed by atoms with van der Waals surface area (Å²) in [5.74, 6) is 2.62. The molecule has 0 aliphatic carbocycles. The van der Waals surface area contributed by atoms with E-state index in [1.807, 2.05) is 27.7 Å². The Morgan fingerprint density at radius 3 is 3.00 bits per heavy atom.